The number of rotatable bonds is 8. The SMILES string of the molecule is Cc1cc(CNC(=O)N(C)c2ncn(CC(=O)Nc3cccc(-c4cnc(C(F)(F)F)c(C)c4)n3)c2C=O)on1. The van der Waals surface area contributed by atoms with Gasteiger partial charge in [-0.3, -0.25) is 19.5 Å². The van der Waals surface area contributed by atoms with E-state index in [1.807, 2.05) is 0 Å². The highest BCUT2D eigenvalue weighted by atomic mass is 19.4. The van der Waals surface area contributed by atoms with E-state index in [-0.39, 0.29) is 36.0 Å². The zero-order valence-corrected chi connectivity index (χ0v) is 21.5. The summed E-state index contributed by atoms with van der Waals surface area (Å²) in [5.74, 6) is 0.0391. The van der Waals surface area contributed by atoms with Crippen LogP contribution in [0.3, 0.4) is 0 Å². The number of halogens is 3. The van der Waals surface area contributed by atoms with Crippen molar-refractivity contribution < 1.29 is 32.1 Å². The average Bonchev–Trinajstić information content (AvgIpc) is 3.51. The fraction of sp³-hybridized carbons (Fsp3) is 0.240. The van der Waals surface area contributed by atoms with Crippen LogP contribution >= 0.6 is 0 Å². The minimum atomic E-state index is -4.57. The minimum absolute atomic E-state index is 0.0173. The van der Waals surface area contributed by atoms with Crippen molar-refractivity contribution in [2.24, 2.45) is 0 Å². The van der Waals surface area contributed by atoms with E-state index in [4.69, 9.17) is 4.52 Å². The third-order valence-corrected chi connectivity index (χ3v) is 5.66. The molecule has 208 valence electrons. The Bertz CT molecular complexity index is 1560. The summed E-state index contributed by atoms with van der Waals surface area (Å²) < 4.78 is 45.4. The van der Waals surface area contributed by atoms with E-state index in [0.29, 0.717) is 29.0 Å². The van der Waals surface area contributed by atoms with Gasteiger partial charge in [-0.25, -0.2) is 14.8 Å². The molecular weight excluding hydrogens is 533 g/mol. The molecule has 0 spiro atoms. The standard InChI is InChI=1S/C25H23F3N8O4/c1-14-7-16(9-29-22(14)25(26,27)28)18-5-4-6-20(32-18)33-21(38)11-36-13-31-23(19(36)12-37)35(3)24(39)30-10-17-8-15(2)34-40-17/h4-9,12-13H,10-11H2,1-3H3,(H,30,39)(H,32,33,38). The first kappa shape index (κ1) is 27.9. The first-order chi connectivity index (χ1) is 19.0. The number of carbonyl (C=O) groups is 3. The number of imidazole rings is 1. The number of aryl methyl sites for hydroxylation is 2. The number of aromatic nitrogens is 5. The lowest BCUT2D eigenvalue weighted by molar-refractivity contribution is -0.141. The number of aldehydes is 1. The smallest absolute Gasteiger partial charge is 0.359 e. The molecule has 4 aromatic rings. The summed E-state index contributed by atoms with van der Waals surface area (Å²) in [6, 6.07) is 7.05. The average molecular weight is 557 g/mol. The molecule has 40 heavy (non-hydrogen) atoms. The zero-order valence-electron chi connectivity index (χ0n) is 21.5. The minimum Gasteiger partial charge on any atom is -0.359 e. The van der Waals surface area contributed by atoms with Crippen LogP contribution in [-0.4, -0.2) is 49.9 Å². The van der Waals surface area contributed by atoms with Gasteiger partial charge in [0.05, 0.1) is 24.3 Å². The monoisotopic (exact) mass is 556 g/mol. The molecule has 2 N–H and O–H groups in total. The van der Waals surface area contributed by atoms with Gasteiger partial charge < -0.3 is 19.7 Å². The second-order valence-electron chi connectivity index (χ2n) is 8.69. The van der Waals surface area contributed by atoms with Crippen LogP contribution in [0.4, 0.5) is 29.6 Å². The van der Waals surface area contributed by atoms with Crippen LogP contribution in [0.25, 0.3) is 11.3 Å². The van der Waals surface area contributed by atoms with Crippen molar-refractivity contribution in [2.45, 2.75) is 33.1 Å². The van der Waals surface area contributed by atoms with Crippen LogP contribution in [0, 0.1) is 13.8 Å². The quantitative estimate of drug-likeness (QED) is 0.312. The van der Waals surface area contributed by atoms with Crippen LogP contribution in [0.2, 0.25) is 0 Å². The van der Waals surface area contributed by atoms with Crippen molar-refractivity contribution in [1.82, 2.24) is 30.0 Å². The number of carbonyl (C=O) groups excluding carboxylic acids is 3. The topological polar surface area (TPSA) is 148 Å². The predicted octanol–water partition coefficient (Wildman–Crippen LogP) is 3.76. The number of alkyl halides is 3. The van der Waals surface area contributed by atoms with Crippen molar-refractivity contribution >= 4 is 29.9 Å². The van der Waals surface area contributed by atoms with Gasteiger partial charge in [0.2, 0.25) is 5.91 Å². The molecule has 0 unspecified atom stereocenters. The van der Waals surface area contributed by atoms with Gasteiger partial charge in [-0.15, -0.1) is 0 Å². The van der Waals surface area contributed by atoms with Gasteiger partial charge in [-0.1, -0.05) is 11.2 Å². The lowest BCUT2D eigenvalue weighted by atomic mass is 10.1. The van der Waals surface area contributed by atoms with Crippen molar-refractivity contribution in [1.29, 1.82) is 0 Å². The predicted molar refractivity (Wildman–Crippen MR) is 135 cm³/mol. The Morgan fingerprint density at radius 2 is 1.95 bits per heavy atom. The van der Waals surface area contributed by atoms with Gasteiger partial charge in [-0.05, 0) is 37.6 Å². The number of nitrogens with zero attached hydrogens (tertiary/aromatic N) is 6. The van der Waals surface area contributed by atoms with Gasteiger partial charge >= 0.3 is 12.2 Å². The van der Waals surface area contributed by atoms with E-state index in [1.165, 1.54) is 37.0 Å². The normalized spacial score (nSPS) is 11.2. The molecular formula is C25H23F3N8O4. The van der Waals surface area contributed by atoms with Crippen molar-refractivity contribution in [3.8, 4) is 11.3 Å². The number of hydrogen-bond acceptors (Lipinski definition) is 8. The lowest BCUT2D eigenvalue weighted by Gasteiger charge is -2.16. The Kier molecular flexibility index (Phi) is 7.93. The largest absolute Gasteiger partial charge is 0.433 e. The van der Waals surface area contributed by atoms with Crippen molar-refractivity contribution in [2.75, 3.05) is 17.3 Å². The molecule has 15 heteroatoms. The van der Waals surface area contributed by atoms with Gasteiger partial charge in [0.25, 0.3) is 0 Å². The summed E-state index contributed by atoms with van der Waals surface area (Å²) in [4.78, 5) is 50.1. The van der Waals surface area contributed by atoms with Gasteiger partial charge in [0.15, 0.2) is 17.9 Å². The van der Waals surface area contributed by atoms with Crippen LogP contribution in [-0.2, 0) is 24.1 Å². The Labute approximate surface area is 225 Å². The molecule has 0 atom stereocenters. The number of hydrogen-bond donors (Lipinski definition) is 2. The Balaban J connectivity index is 1.42. The summed E-state index contributed by atoms with van der Waals surface area (Å²) in [6.45, 7) is 2.77. The van der Waals surface area contributed by atoms with Crippen molar-refractivity contribution in [3.63, 3.8) is 0 Å². The molecule has 0 aliphatic heterocycles. The van der Waals surface area contributed by atoms with Crippen LogP contribution < -0.4 is 15.5 Å². The van der Waals surface area contributed by atoms with Crippen LogP contribution in [0.15, 0.2) is 47.4 Å². The van der Waals surface area contributed by atoms with Crippen LogP contribution in [0.1, 0.15) is 33.2 Å². The van der Waals surface area contributed by atoms with Crippen LogP contribution in [0.5, 0.6) is 0 Å². The molecule has 4 aromatic heterocycles. The summed E-state index contributed by atoms with van der Waals surface area (Å²) in [5, 5.41) is 8.93. The molecule has 0 saturated carbocycles. The molecule has 0 radical (unpaired) electrons. The molecule has 12 nitrogen and oxygen atoms in total. The molecule has 4 rings (SSSR count). The number of nitrogens with one attached hydrogen (secondary N) is 2. The number of urea groups is 1. The van der Waals surface area contributed by atoms with Gasteiger partial charge in [0.1, 0.15) is 23.8 Å². The van der Waals surface area contributed by atoms with Crippen molar-refractivity contribution in [3.05, 3.63) is 71.3 Å². The first-order valence-corrected chi connectivity index (χ1v) is 11.7. The highest BCUT2D eigenvalue weighted by Gasteiger charge is 2.34. The molecule has 0 aromatic carbocycles. The zero-order chi connectivity index (χ0) is 29.0. The Morgan fingerprint density at radius 1 is 1.18 bits per heavy atom. The molecule has 0 aliphatic rings. The highest BCUT2D eigenvalue weighted by Crippen LogP contribution is 2.31. The third kappa shape index (κ3) is 6.31. The molecule has 0 saturated heterocycles. The maximum atomic E-state index is 13.0. The Morgan fingerprint density at radius 3 is 2.60 bits per heavy atom. The summed E-state index contributed by atoms with van der Waals surface area (Å²) in [6.07, 6.45) is -1.80. The molecule has 0 bridgehead atoms. The van der Waals surface area contributed by atoms with E-state index in [0.717, 1.165) is 11.1 Å². The summed E-state index contributed by atoms with van der Waals surface area (Å²) in [5.41, 5.74) is 0.227. The number of amides is 3. The number of pyridine rings is 2. The maximum Gasteiger partial charge on any atom is 0.433 e. The fourth-order valence-electron chi connectivity index (χ4n) is 3.78. The van der Waals surface area contributed by atoms with E-state index in [9.17, 15) is 27.6 Å². The lowest BCUT2D eigenvalue weighted by Crippen LogP contribution is -2.37. The maximum absolute atomic E-state index is 13.0. The molecule has 4 heterocycles. The van der Waals surface area contributed by atoms with E-state index >= 15 is 0 Å². The molecule has 0 fully saturated rings. The summed E-state index contributed by atoms with van der Waals surface area (Å²) >= 11 is 0. The molecule has 3 amide bonds. The summed E-state index contributed by atoms with van der Waals surface area (Å²) in [7, 11) is 1.41. The van der Waals surface area contributed by atoms with E-state index < -0.39 is 23.8 Å². The van der Waals surface area contributed by atoms with E-state index in [1.54, 1.807) is 25.1 Å². The Hall–Kier alpha value is -5.08. The first-order valence-electron chi connectivity index (χ1n) is 11.7. The van der Waals surface area contributed by atoms with E-state index in [2.05, 4.69) is 30.7 Å². The van der Waals surface area contributed by atoms with Gasteiger partial charge in [-0.2, -0.15) is 13.2 Å². The highest BCUT2D eigenvalue weighted by molar-refractivity contribution is 5.96. The third-order valence-electron chi connectivity index (χ3n) is 5.66. The molecule has 0 aliphatic carbocycles. The second kappa shape index (κ2) is 11.3. The van der Waals surface area contributed by atoms with Gasteiger partial charge in [0, 0.05) is 24.9 Å². The second-order valence-corrected chi connectivity index (χ2v) is 8.69. The number of anilines is 2. The fourth-order valence-corrected chi connectivity index (χ4v) is 3.78.